The smallest absolute Gasteiger partial charge is 0.345 e. The number of esters is 1. The van der Waals surface area contributed by atoms with E-state index in [4.69, 9.17) is 14.2 Å². The number of nitro groups is 1. The molecule has 0 N–H and O–H groups in total. The van der Waals surface area contributed by atoms with E-state index in [0.717, 1.165) is 5.69 Å². The van der Waals surface area contributed by atoms with E-state index < -0.39 is 10.9 Å². The van der Waals surface area contributed by atoms with Crippen LogP contribution in [0.1, 0.15) is 10.4 Å². The lowest BCUT2D eigenvalue weighted by atomic mass is 10.1. The number of nitrogens with zero attached hydrogens (tertiary/aromatic N) is 2. The molecule has 0 spiro atoms. The highest BCUT2D eigenvalue weighted by Gasteiger charge is 2.23. The van der Waals surface area contributed by atoms with Crippen molar-refractivity contribution in [1.82, 2.24) is 0 Å². The monoisotopic (exact) mass is 310 g/mol. The quantitative estimate of drug-likeness (QED) is 0.338. The maximum absolute atomic E-state index is 12.1. The maximum Gasteiger partial charge on any atom is 0.345 e. The van der Waals surface area contributed by atoms with E-state index in [1.54, 1.807) is 6.07 Å². The van der Waals surface area contributed by atoms with Gasteiger partial charge in [-0.2, -0.15) is 0 Å². The van der Waals surface area contributed by atoms with Crippen LogP contribution >= 0.6 is 0 Å². The van der Waals surface area contributed by atoms with E-state index in [1.807, 2.05) is 4.90 Å². The van der Waals surface area contributed by atoms with Crippen LogP contribution in [0.25, 0.3) is 0 Å². The first-order valence-electron chi connectivity index (χ1n) is 6.90. The fourth-order valence-corrected chi connectivity index (χ4v) is 2.16. The van der Waals surface area contributed by atoms with Gasteiger partial charge in [0.05, 0.1) is 24.7 Å². The van der Waals surface area contributed by atoms with Crippen molar-refractivity contribution >= 4 is 17.3 Å². The molecule has 1 saturated heterocycles. The molecule has 0 atom stereocenters. The van der Waals surface area contributed by atoms with Crippen LogP contribution in [0, 0.1) is 10.1 Å². The third-order valence-electron chi connectivity index (χ3n) is 3.29. The summed E-state index contributed by atoms with van der Waals surface area (Å²) in [4.78, 5) is 24.6. The maximum atomic E-state index is 12.1. The Morgan fingerprint density at radius 1 is 1.36 bits per heavy atom. The van der Waals surface area contributed by atoms with Gasteiger partial charge in [0, 0.05) is 32.0 Å². The van der Waals surface area contributed by atoms with Crippen molar-refractivity contribution in [2.75, 3.05) is 51.5 Å². The molecule has 0 unspecified atom stereocenters. The number of benzene rings is 1. The minimum atomic E-state index is -0.723. The van der Waals surface area contributed by atoms with Gasteiger partial charge >= 0.3 is 5.97 Å². The van der Waals surface area contributed by atoms with Crippen LogP contribution in [0.5, 0.6) is 0 Å². The Balaban J connectivity index is 2.23. The number of hydrogen-bond donors (Lipinski definition) is 0. The molecule has 1 heterocycles. The Morgan fingerprint density at radius 3 is 2.73 bits per heavy atom. The number of morpholine rings is 1. The average Bonchev–Trinajstić information content (AvgIpc) is 2.55. The normalized spacial score (nSPS) is 14.7. The van der Waals surface area contributed by atoms with E-state index in [0.29, 0.717) is 26.3 Å². The van der Waals surface area contributed by atoms with Crippen LogP contribution in [-0.4, -0.2) is 57.5 Å². The lowest BCUT2D eigenvalue weighted by Crippen LogP contribution is -2.36. The van der Waals surface area contributed by atoms with Crippen molar-refractivity contribution in [3.63, 3.8) is 0 Å². The molecule has 0 saturated carbocycles. The second kappa shape index (κ2) is 7.71. The van der Waals surface area contributed by atoms with E-state index in [9.17, 15) is 14.9 Å². The van der Waals surface area contributed by atoms with Crippen LogP contribution in [0.15, 0.2) is 18.2 Å². The molecule has 22 heavy (non-hydrogen) atoms. The van der Waals surface area contributed by atoms with Crippen molar-refractivity contribution in [3.8, 4) is 0 Å². The Labute approximate surface area is 127 Å². The van der Waals surface area contributed by atoms with Crippen molar-refractivity contribution < 1.29 is 23.9 Å². The van der Waals surface area contributed by atoms with E-state index >= 15 is 0 Å². The molecular formula is C14H18N2O6. The summed E-state index contributed by atoms with van der Waals surface area (Å²) in [6.45, 7) is 2.82. The summed E-state index contributed by atoms with van der Waals surface area (Å²) in [5.41, 5.74) is 0.428. The highest BCUT2D eigenvalue weighted by atomic mass is 16.6. The Morgan fingerprint density at radius 2 is 2.09 bits per heavy atom. The molecule has 1 fully saturated rings. The van der Waals surface area contributed by atoms with Gasteiger partial charge in [-0.1, -0.05) is 0 Å². The highest BCUT2D eigenvalue weighted by Crippen LogP contribution is 2.26. The van der Waals surface area contributed by atoms with Crippen LogP contribution in [0.3, 0.4) is 0 Å². The van der Waals surface area contributed by atoms with Gasteiger partial charge in [-0.15, -0.1) is 0 Å². The number of carbonyl (C=O) groups is 1. The molecule has 0 bridgehead atoms. The molecular weight excluding hydrogens is 292 g/mol. The van der Waals surface area contributed by atoms with Gasteiger partial charge in [0.25, 0.3) is 5.69 Å². The molecule has 1 aliphatic heterocycles. The molecule has 1 aromatic carbocycles. The number of anilines is 1. The molecule has 8 heteroatoms. The summed E-state index contributed by atoms with van der Waals surface area (Å²) in [5, 5.41) is 11.1. The zero-order chi connectivity index (χ0) is 15.9. The van der Waals surface area contributed by atoms with Gasteiger partial charge in [0.1, 0.15) is 12.2 Å². The third kappa shape index (κ3) is 3.92. The van der Waals surface area contributed by atoms with E-state index in [2.05, 4.69) is 0 Å². The Hall–Kier alpha value is -2.19. The molecule has 0 aliphatic carbocycles. The Bertz CT molecular complexity index is 542. The van der Waals surface area contributed by atoms with Crippen molar-refractivity contribution in [3.05, 3.63) is 33.9 Å². The van der Waals surface area contributed by atoms with Gasteiger partial charge < -0.3 is 19.1 Å². The summed E-state index contributed by atoms with van der Waals surface area (Å²) >= 11 is 0. The van der Waals surface area contributed by atoms with Crippen LogP contribution in [0.4, 0.5) is 11.4 Å². The molecule has 0 radical (unpaired) electrons. The number of ether oxygens (including phenoxy) is 3. The van der Waals surface area contributed by atoms with Gasteiger partial charge in [0.2, 0.25) is 0 Å². The standard InChI is InChI=1S/C14H18N2O6/c1-20-8-9-22-14(17)12-10-11(2-3-13(12)16(18)19)15-4-6-21-7-5-15/h2-3,10H,4-9H2,1H3. The van der Waals surface area contributed by atoms with Crippen molar-refractivity contribution in [2.45, 2.75) is 0 Å². The summed E-state index contributed by atoms with van der Waals surface area (Å²) in [6, 6.07) is 4.46. The zero-order valence-corrected chi connectivity index (χ0v) is 12.3. The fraction of sp³-hybridized carbons (Fsp3) is 0.500. The highest BCUT2D eigenvalue weighted by molar-refractivity contribution is 5.95. The van der Waals surface area contributed by atoms with Gasteiger partial charge in [0.15, 0.2) is 0 Å². The Kier molecular flexibility index (Phi) is 5.68. The summed E-state index contributed by atoms with van der Waals surface area (Å²) in [7, 11) is 1.48. The van der Waals surface area contributed by atoms with E-state index in [1.165, 1.54) is 19.2 Å². The summed E-state index contributed by atoms with van der Waals surface area (Å²) in [5.74, 6) is -0.723. The molecule has 8 nitrogen and oxygen atoms in total. The number of rotatable bonds is 6. The van der Waals surface area contributed by atoms with Gasteiger partial charge in [-0.3, -0.25) is 10.1 Å². The second-order valence-electron chi connectivity index (χ2n) is 4.69. The largest absolute Gasteiger partial charge is 0.459 e. The molecule has 0 aromatic heterocycles. The third-order valence-corrected chi connectivity index (χ3v) is 3.29. The first-order chi connectivity index (χ1) is 10.6. The van der Waals surface area contributed by atoms with Crippen LogP contribution < -0.4 is 4.90 Å². The predicted octanol–water partition coefficient (Wildman–Crippen LogP) is 1.23. The van der Waals surface area contributed by atoms with Crippen LogP contribution in [-0.2, 0) is 14.2 Å². The van der Waals surface area contributed by atoms with Gasteiger partial charge in [-0.05, 0) is 12.1 Å². The first kappa shape index (κ1) is 16.2. The minimum absolute atomic E-state index is 0.0499. The van der Waals surface area contributed by atoms with Crippen LogP contribution in [0.2, 0.25) is 0 Å². The fourth-order valence-electron chi connectivity index (χ4n) is 2.16. The molecule has 1 aromatic rings. The second-order valence-corrected chi connectivity index (χ2v) is 4.69. The minimum Gasteiger partial charge on any atom is -0.459 e. The number of hydrogen-bond acceptors (Lipinski definition) is 7. The first-order valence-corrected chi connectivity index (χ1v) is 6.90. The lowest BCUT2D eigenvalue weighted by molar-refractivity contribution is -0.385. The average molecular weight is 310 g/mol. The predicted molar refractivity (Wildman–Crippen MR) is 78.3 cm³/mol. The molecule has 1 aliphatic rings. The number of methoxy groups -OCH3 is 1. The molecule has 0 amide bonds. The van der Waals surface area contributed by atoms with Crippen molar-refractivity contribution in [2.24, 2.45) is 0 Å². The lowest BCUT2D eigenvalue weighted by Gasteiger charge is -2.29. The van der Waals surface area contributed by atoms with Crippen molar-refractivity contribution in [1.29, 1.82) is 0 Å². The topological polar surface area (TPSA) is 91.1 Å². The SMILES string of the molecule is COCCOC(=O)c1cc(N2CCOCC2)ccc1[N+](=O)[O-]. The molecule has 120 valence electrons. The van der Waals surface area contributed by atoms with E-state index in [-0.39, 0.29) is 24.5 Å². The number of carbonyl (C=O) groups excluding carboxylic acids is 1. The summed E-state index contributed by atoms with van der Waals surface area (Å²) in [6.07, 6.45) is 0. The molecule has 2 rings (SSSR count). The van der Waals surface area contributed by atoms with Gasteiger partial charge in [-0.25, -0.2) is 4.79 Å². The zero-order valence-electron chi connectivity index (χ0n) is 12.3. The number of nitro benzene ring substituents is 1. The summed E-state index contributed by atoms with van der Waals surface area (Å²) < 4.78 is 15.1.